The van der Waals surface area contributed by atoms with Crippen molar-refractivity contribution in [1.29, 1.82) is 0 Å². The van der Waals surface area contributed by atoms with Gasteiger partial charge in [0.15, 0.2) is 0 Å². The van der Waals surface area contributed by atoms with Crippen LogP contribution >= 0.6 is 0 Å². The average Bonchev–Trinajstić information content (AvgIpc) is 2.48. The van der Waals surface area contributed by atoms with Gasteiger partial charge in [0.2, 0.25) is 5.91 Å². The van der Waals surface area contributed by atoms with E-state index >= 15 is 0 Å². The van der Waals surface area contributed by atoms with E-state index in [1.807, 2.05) is 0 Å². The lowest BCUT2D eigenvalue weighted by Gasteiger charge is -2.27. The van der Waals surface area contributed by atoms with Gasteiger partial charge in [-0.15, -0.1) is 0 Å². The molecule has 2 atom stereocenters. The number of hydrogen-bond donors (Lipinski definition) is 3. The predicted octanol–water partition coefficient (Wildman–Crippen LogP) is 2.00. The van der Waals surface area contributed by atoms with Gasteiger partial charge in [-0.05, 0) is 31.4 Å². The number of carbonyl (C=O) groups excluding carboxylic acids is 1. The summed E-state index contributed by atoms with van der Waals surface area (Å²) >= 11 is 0. The van der Waals surface area contributed by atoms with E-state index in [0.29, 0.717) is 12.8 Å². The van der Waals surface area contributed by atoms with Crippen LogP contribution in [0, 0.1) is 11.7 Å². The molecule has 2 rings (SSSR count). The zero-order valence-electron chi connectivity index (χ0n) is 11.6. The van der Waals surface area contributed by atoms with Crippen LogP contribution in [-0.2, 0) is 9.59 Å². The van der Waals surface area contributed by atoms with Gasteiger partial charge in [-0.3, -0.25) is 9.59 Å². The van der Waals surface area contributed by atoms with Crippen molar-refractivity contribution in [2.45, 2.75) is 31.7 Å². The number of nitrogens with one attached hydrogen (secondary N) is 2. The highest BCUT2D eigenvalue weighted by Crippen LogP contribution is 2.24. The number of aliphatic carboxylic acids is 1. The molecule has 1 fully saturated rings. The Morgan fingerprint density at radius 1 is 1.29 bits per heavy atom. The van der Waals surface area contributed by atoms with E-state index in [0.717, 1.165) is 12.8 Å². The number of carboxylic acid groups (broad SMARTS) is 1. The largest absolute Gasteiger partial charge is 0.481 e. The van der Waals surface area contributed by atoms with Gasteiger partial charge in [0, 0.05) is 6.04 Å². The van der Waals surface area contributed by atoms with Crippen LogP contribution in [0.25, 0.3) is 0 Å². The summed E-state index contributed by atoms with van der Waals surface area (Å²) < 4.78 is 13.4. The highest BCUT2D eigenvalue weighted by Gasteiger charge is 2.26. The first-order valence-electron chi connectivity index (χ1n) is 7.07. The molecule has 114 valence electrons. The van der Waals surface area contributed by atoms with Crippen molar-refractivity contribution >= 4 is 17.6 Å². The van der Waals surface area contributed by atoms with Crippen molar-refractivity contribution in [3.8, 4) is 0 Å². The van der Waals surface area contributed by atoms with E-state index in [9.17, 15) is 14.0 Å². The second kappa shape index (κ2) is 7.17. The molecule has 1 aliphatic rings. The lowest BCUT2D eigenvalue weighted by atomic mass is 9.86. The van der Waals surface area contributed by atoms with Crippen molar-refractivity contribution in [2.75, 3.05) is 11.9 Å². The molecule has 21 heavy (non-hydrogen) atoms. The minimum atomic E-state index is -0.780. The first kappa shape index (κ1) is 15.4. The smallest absolute Gasteiger partial charge is 0.306 e. The normalized spacial score (nSPS) is 21.8. The summed E-state index contributed by atoms with van der Waals surface area (Å²) in [7, 11) is 0. The molecule has 0 heterocycles. The molecule has 0 radical (unpaired) electrons. The summed E-state index contributed by atoms with van der Waals surface area (Å²) in [5.74, 6) is -1.94. The van der Waals surface area contributed by atoms with E-state index in [-0.39, 0.29) is 30.1 Å². The molecule has 1 saturated carbocycles. The number of benzene rings is 1. The molecule has 1 aromatic carbocycles. The quantitative estimate of drug-likeness (QED) is 0.776. The highest BCUT2D eigenvalue weighted by atomic mass is 19.1. The van der Waals surface area contributed by atoms with Gasteiger partial charge in [-0.25, -0.2) is 4.39 Å². The first-order chi connectivity index (χ1) is 10.1. The van der Waals surface area contributed by atoms with Crippen molar-refractivity contribution in [3.63, 3.8) is 0 Å². The number of hydrogen-bond acceptors (Lipinski definition) is 3. The SMILES string of the molecule is O=C(CNC1CCCC(C(=O)O)C1)Nc1ccccc1F. The van der Waals surface area contributed by atoms with Crippen LogP contribution in [0.3, 0.4) is 0 Å². The fourth-order valence-corrected chi connectivity index (χ4v) is 2.59. The Bertz CT molecular complexity index is 521. The Kier molecular flexibility index (Phi) is 5.27. The molecular weight excluding hydrogens is 275 g/mol. The van der Waals surface area contributed by atoms with E-state index in [4.69, 9.17) is 5.11 Å². The minimum absolute atomic E-state index is 0.0196. The van der Waals surface area contributed by atoms with Crippen LogP contribution < -0.4 is 10.6 Å². The number of amides is 1. The summed E-state index contributed by atoms with van der Waals surface area (Å²) in [5, 5.41) is 14.5. The van der Waals surface area contributed by atoms with Gasteiger partial charge in [0.05, 0.1) is 18.2 Å². The maximum atomic E-state index is 13.4. The lowest BCUT2D eigenvalue weighted by Crippen LogP contribution is -2.40. The maximum Gasteiger partial charge on any atom is 0.306 e. The van der Waals surface area contributed by atoms with Crippen LogP contribution in [0.4, 0.5) is 10.1 Å². The Morgan fingerprint density at radius 2 is 2.05 bits per heavy atom. The van der Waals surface area contributed by atoms with Crippen molar-refractivity contribution < 1.29 is 19.1 Å². The summed E-state index contributed by atoms with van der Waals surface area (Å²) in [6.45, 7) is 0.0470. The molecule has 0 spiro atoms. The number of carboxylic acids is 1. The first-order valence-corrected chi connectivity index (χ1v) is 7.07. The van der Waals surface area contributed by atoms with Crippen LogP contribution in [0.15, 0.2) is 24.3 Å². The van der Waals surface area contributed by atoms with Crippen LogP contribution in [0.5, 0.6) is 0 Å². The minimum Gasteiger partial charge on any atom is -0.481 e. The number of halogens is 1. The standard InChI is InChI=1S/C15H19FN2O3/c16-12-6-1-2-7-13(12)18-14(19)9-17-11-5-3-4-10(8-11)15(20)21/h1-2,6-7,10-11,17H,3-5,8-9H2,(H,18,19)(H,20,21). The molecule has 6 heteroatoms. The van der Waals surface area contributed by atoms with Gasteiger partial charge >= 0.3 is 5.97 Å². The molecule has 1 aliphatic carbocycles. The molecule has 1 amide bonds. The van der Waals surface area contributed by atoms with Crippen molar-refractivity contribution in [3.05, 3.63) is 30.1 Å². The zero-order chi connectivity index (χ0) is 15.2. The van der Waals surface area contributed by atoms with Crippen LogP contribution in [0.2, 0.25) is 0 Å². The summed E-state index contributed by atoms with van der Waals surface area (Å²) in [4.78, 5) is 22.7. The molecule has 1 aromatic rings. The molecule has 0 aliphatic heterocycles. The fourth-order valence-electron chi connectivity index (χ4n) is 2.59. The summed E-state index contributed by atoms with van der Waals surface area (Å²) in [5.41, 5.74) is 0.149. The molecule has 0 saturated heterocycles. The molecule has 3 N–H and O–H groups in total. The molecular formula is C15H19FN2O3. The second-order valence-electron chi connectivity index (χ2n) is 5.31. The number of rotatable bonds is 5. The van der Waals surface area contributed by atoms with Gasteiger partial charge in [0.1, 0.15) is 5.82 Å². The number of para-hydroxylation sites is 1. The summed E-state index contributed by atoms with van der Waals surface area (Å²) in [6, 6.07) is 5.99. The van der Waals surface area contributed by atoms with Crippen LogP contribution in [-0.4, -0.2) is 29.6 Å². The van der Waals surface area contributed by atoms with E-state index < -0.39 is 11.8 Å². The van der Waals surface area contributed by atoms with Gasteiger partial charge in [0.25, 0.3) is 0 Å². The highest BCUT2D eigenvalue weighted by molar-refractivity contribution is 5.92. The zero-order valence-corrected chi connectivity index (χ0v) is 11.6. The second-order valence-corrected chi connectivity index (χ2v) is 5.31. The Labute approximate surface area is 122 Å². The van der Waals surface area contributed by atoms with Crippen LogP contribution in [0.1, 0.15) is 25.7 Å². The maximum absolute atomic E-state index is 13.4. The molecule has 0 aromatic heterocycles. The Hall–Kier alpha value is -1.95. The molecule has 5 nitrogen and oxygen atoms in total. The molecule has 2 unspecified atom stereocenters. The Morgan fingerprint density at radius 3 is 2.76 bits per heavy atom. The van der Waals surface area contributed by atoms with E-state index in [1.54, 1.807) is 12.1 Å². The third kappa shape index (κ3) is 4.53. The van der Waals surface area contributed by atoms with Gasteiger partial charge in [-0.2, -0.15) is 0 Å². The number of carbonyl (C=O) groups is 2. The van der Waals surface area contributed by atoms with E-state index in [1.165, 1.54) is 12.1 Å². The fraction of sp³-hybridized carbons (Fsp3) is 0.467. The lowest BCUT2D eigenvalue weighted by molar-refractivity contribution is -0.143. The monoisotopic (exact) mass is 294 g/mol. The Balaban J connectivity index is 1.79. The summed E-state index contributed by atoms with van der Waals surface area (Å²) in [6.07, 6.45) is 2.91. The number of anilines is 1. The van der Waals surface area contributed by atoms with Gasteiger partial charge < -0.3 is 15.7 Å². The topological polar surface area (TPSA) is 78.4 Å². The molecule has 0 bridgehead atoms. The van der Waals surface area contributed by atoms with Gasteiger partial charge in [-0.1, -0.05) is 18.6 Å². The third-order valence-electron chi connectivity index (χ3n) is 3.72. The predicted molar refractivity (Wildman–Crippen MR) is 76.4 cm³/mol. The third-order valence-corrected chi connectivity index (χ3v) is 3.72. The average molecular weight is 294 g/mol. The van der Waals surface area contributed by atoms with E-state index in [2.05, 4.69) is 10.6 Å². The van der Waals surface area contributed by atoms with Crippen molar-refractivity contribution in [2.24, 2.45) is 5.92 Å². The van der Waals surface area contributed by atoms with Crippen molar-refractivity contribution in [1.82, 2.24) is 5.32 Å².